The van der Waals surface area contributed by atoms with Crippen molar-refractivity contribution in [1.82, 2.24) is 0 Å². The highest BCUT2D eigenvalue weighted by Crippen LogP contribution is 1.96. The van der Waals surface area contributed by atoms with E-state index >= 15 is 0 Å². The van der Waals surface area contributed by atoms with Crippen LogP contribution < -0.4 is 0 Å². The molecule has 0 rings (SSSR count). The zero-order chi connectivity index (χ0) is 18.5. The molecule has 0 aliphatic heterocycles. The highest BCUT2D eigenvalue weighted by atomic mass is 16.5. The first-order chi connectivity index (χ1) is 11.5. The maximum absolute atomic E-state index is 9.99. The lowest BCUT2D eigenvalue weighted by atomic mass is 10.2. The van der Waals surface area contributed by atoms with Crippen LogP contribution in [0.15, 0.2) is 0 Å². The number of hydrogen-bond donors (Lipinski definition) is 2. The first-order valence-electron chi connectivity index (χ1n) is 8.11. The highest BCUT2D eigenvalue weighted by Gasteiger charge is 1.96. The number of rotatable bonds is 16. The number of aliphatic carboxylic acids is 2. The van der Waals surface area contributed by atoms with Gasteiger partial charge in [0.2, 0.25) is 0 Å². The van der Waals surface area contributed by atoms with Crippen LogP contribution in [0.3, 0.4) is 0 Å². The van der Waals surface area contributed by atoms with Crippen molar-refractivity contribution in [3.8, 4) is 0 Å². The average Bonchev–Trinajstić information content (AvgIpc) is 2.53. The zero-order valence-electron chi connectivity index (χ0n) is 14.8. The lowest BCUT2D eigenvalue weighted by molar-refractivity contribution is -0.143. The third kappa shape index (κ3) is 28.9. The lowest BCUT2D eigenvalue weighted by Gasteiger charge is -2.00. The van der Waals surface area contributed by atoms with Crippen molar-refractivity contribution in [1.29, 1.82) is 0 Å². The SMILES string of the molecule is COCCCCCOCC(=O)O.COCCCCCOCC(=O)O. The fourth-order valence-electron chi connectivity index (χ4n) is 1.57. The Bertz CT molecular complexity index is 255. The smallest absolute Gasteiger partial charge is 0.329 e. The molecule has 0 bridgehead atoms. The quantitative estimate of drug-likeness (QED) is 0.405. The summed E-state index contributed by atoms with van der Waals surface area (Å²) in [5.41, 5.74) is 0. The molecule has 0 aromatic carbocycles. The van der Waals surface area contributed by atoms with Gasteiger partial charge in [0, 0.05) is 40.6 Å². The van der Waals surface area contributed by atoms with Crippen molar-refractivity contribution in [3.63, 3.8) is 0 Å². The van der Waals surface area contributed by atoms with Gasteiger partial charge in [-0.15, -0.1) is 0 Å². The van der Waals surface area contributed by atoms with Crippen LogP contribution in [0.5, 0.6) is 0 Å². The molecular weight excluding hydrogens is 320 g/mol. The van der Waals surface area contributed by atoms with E-state index in [0.717, 1.165) is 51.7 Å². The van der Waals surface area contributed by atoms with E-state index in [1.54, 1.807) is 14.2 Å². The van der Waals surface area contributed by atoms with Gasteiger partial charge in [-0.05, 0) is 38.5 Å². The molecular formula is C16H32O8. The van der Waals surface area contributed by atoms with Gasteiger partial charge in [0.25, 0.3) is 0 Å². The van der Waals surface area contributed by atoms with Crippen LogP contribution in [0.1, 0.15) is 38.5 Å². The molecule has 0 unspecified atom stereocenters. The molecule has 0 saturated carbocycles. The zero-order valence-corrected chi connectivity index (χ0v) is 14.8. The number of carbonyl (C=O) groups is 2. The molecule has 0 aliphatic carbocycles. The highest BCUT2D eigenvalue weighted by molar-refractivity contribution is 5.68. The molecule has 0 radical (unpaired) electrons. The number of carboxylic acid groups (broad SMARTS) is 2. The van der Waals surface area contributed by atoms with E-state index < -0.39 is 11.9 Å². The molecule has 0 spiro atoms. The first kappa shape index (κ1) is 25.0. The maximum atomic E-state index is 9.99. The number of ether oxygens (including phenoxy) is 4. The molecule has 0 fully saturated rings. The molecule has 0 atom stereocenters. The van der Waals surface area contributed by atoms with E-state index in [4.69, 9.17) is 29.2 Å². The Balaban J connectivity index is 0. The molecule has 24 heavy (non-hydrogen) atoms. The second kappa shape index (κ2) is 21.8. The number of methoxy groups -OCH3 is 2. The maximum Gasteiger partial charge on any atom is 0.329 e. The van der Waals surface area contributed by atoms with Crippen LogP contribution in [0.25, 0.3) is 0 Å². The Kier molecular flexibility index (Phi) is 22.7. The summed E-state index contributed by atoms with van der Waals surface area (Å²) < 4.78 is 19.4. The number of hydrogen-bond acceptors (Lipinski definition) is 6. The molecule has 0 amide bonds. The van der Waals surface area contributed by atoms with E-state index in [1.165, 1.54) is 0 Å². The summed E-state index contributed by atoms with van der Waals surface area (Å²) in [5, 5.41) is 16.4. The molecule has 0 heterocycles. The Morgan fingerprint density at radius 1 is 0.625 bits per heavy atom. The van der Waals surface area contributed by atoms with Crippen LogP contribution in [0, 0.1) is 0 Å². The minimum absolute atomic E-state index is 0.190. The largest absolute Gasteiger partial charge is 0.480 e. The summed E-state index contributed by atoms with van der Waals surface area (Å²) in [4.78, 5) is 20.0. The van der Waals surface area contributed by atoms with Crippen molar-refractivity contribution in [2.24, 2.45) is 0 Å². The van der Waals surface area contributed by atoms with Gasteiger partial charge in [-0.25, -0.2) is 9.59 Å². The summed E-state index contributed by atoms with van der Waals surface area (Å²) in [7, 11) is 3.34. The fourth-order valence-corrected chi connectivity index (χ4v) is 1.57. The first-order valence-corrected chi connectivity index (χ1v) is 8.11. The van der Waals surface area contributed by atoms with E-state index in [-0.39, 0.29) is 13.2 Å². The van der Waals surface area contributed by atoms with Gasteiger partial charge in [0.05, 0.1) is 0 Å². The van der Waals surface area contributed by atoms with Gasteiger partial charge >= 0.3 is 11.9 Å². The van der Waals surface area contributed by atoms with E-state index in [1.807, 2.05) is 0 Å². The molecule has 144 valence electrons. The van der Waals surface area contributed by atoms with Crippen LogP contribution in [0.2, 0.25) is 0 Å². The molecule has 8 heteroatoms. The van der Waals surface area contributed by atoms with Crippen LogP contribution in [0.4, 0.5) is 0 Å². The molecule has 8 nitrogen and oxygen atoms in total. The normalized spacial score (nSPS) is 10.1. The van der Waals surface area contributed by atoms with E-state index in [2.05, 4.69) is 0 Å². The third-order valence-electron chi connectivity index (χ3n) is 2.73. The van der Waals surface area contributed by atoms with E-state index in [0.29, 0.717) is 13.2 Å². The van der Waals surface area contributed by atoms with Crippen molar-refractivity contribution in [2.75, 3.05) is 53.9 Å². The number of carboxylic acids is 2. The molecule has 0 aliphatic rings. The Morgan fingerprint density at radius 3 is 1.25 bits per heavy atom. The van der Waals surface area contributed by atoms with Crippen LogP contribution in [-0.4, -0.2) is 76.0 Å². The average molecular weight is 352 g/mol. The van der Waals surface area contributed by atoms with Crippen LogP contribution in [-0.2, 0) is 28.5 Å². The van der Waals surface area contributed by atoms with E-state index in [9.17, 15) is 9.59 Å². The van der Waals surface area contributed by atoms with Crippen molar-refractivity contribution >= 4 is 11.9 Å². The second-order valence-corrected chi connectivity index (χ2v) is 5.00. The summed E-state index contributed by atoms with van der Waals surface area (Å²) in [6.45, 7) is 2.19. The Hall–Kier alpha value is -1.22. The second-order valence-electron chi connectivity index (χ2n) is 5.00. The standard InChI is InChI=1S/2C8H16O4/c2*1-11-5-3-2-4-6-12-7-8(9)10/h2*2-7H2,1H3,(H,9,10). The predicted molar refractivity (Wildman–Crippen MR) is 88.4 cm³/mol. The summed E-state index contributed by atoms with van der Waals surface area (Å²) in [6.07, 6.45) is 5.86. The van der Waals surface area contributed by atoms with Gasteiger partial charge in [-0.2, -0.15) is 0 Å². The van der Waals surface area contributed by atoms with Crippen molar-refractivity contribution in [3.05, 3.63) is 0 Å². The Morgan fingerprint density at radius 2 is 0.958 bits per heavy atom. The Labute approximate surface area is 144 Å². The van der Waals surface area contributed by atoms with Gasteiger partial charge < -0.3 is 29.2 Å². The van der Waals surface area contributed by atoms with Gasteiger partial charge in [-0.1, -0.05) is 0 Å². The number of unbranched alkanes of at least 4 members (excludes halogenated alkanes) is 4. The van der Waals surface area contributed by atoms with Gasteiger partial charge in [-0.3, -0.25) is 0 Å². The van der Waals surface area contributed by atoms with Gasteiger partial charge in [0.1, 0.15) is 13.2 Å². The lowest BCUT2D eigenvalue weighted by Crippen LogP contribution is -2.07. The molecule has 0 aromatic heterocycles. The molecule has 0 aromatic rings. The summed E-state index contributed by atoms with van der Waals surface area (Å²) in [6, 6.07) is 0. The van der Waals surface area contributed by atoms with Crippen molar-refractivity contribution in [2.45, 2.75) is 38.5 Å². The van der Waals surface area contributed by atoms with Crippen LogP contribution >= 0.6 is 0 Å². The molecule has 2 N–H and O–H groups in total. The van der Waals surface area contributed by atoms with Gasteiger partial charge in [0.15, 0.2) is 0 Å². The topological polar surface area (TPSA) is 112 Å². The van der Waals surface area contributed by atoms with Crippen molar-refractivity contribution < 1.29 is 38.7 Å². The summed E-state index contributed by atoms with van der Waals surface area (Å²) >= 11 is 0. The predicted octanol–water partition coefficient (Wildman–Crippen LogP) is 1.81. The monoisotopic (exact) mass is 352 g/mol. The minimum Gasteiger partial charge on any atom is -0.480 e. The fraction of sp³-hybridized carbons (Fsp3) is 0.875. The molecule has 0 saturated heterocycles. The summed E-state index contributed by atoms with van der Waals surface area (Å²) in [5.74, 6) is -1.82. The third-order valence-corrected chi connectivity index (χ3v) is 2.73. The minimum atomic E-state index is -0.910.